The van der Waals surface area contributed by atoms with Crippen molar-refractivity contribution in [2.45, 2.75) is 39.3 Å². The smallest absolute Gasteiger partial charge is 0.271 e. The highest BCUT2D eigenvalue weighted by Crippen LogP contribution is 2.22. The van der Waals surface area contributed by atoms with Crippen molar-refractivity contribution in [1.82, 2.24) is 15.3 Å². The molecule has 3 rings (SSSR count). The number of carbonyl (C=O) groups is 1. The van der Waals surface area contributed by atoms with Gasteiger partial charge in [-0.15, -0.1) is 0 Å². The Morgan fingerprint density at radius 2 is 2.04 bits per heavy atom. The van der Waals surface area contributed by atoms with Crippen molar-refractivity contribution in [3.05, 3.63) is 53.5 Å². The van der Waals surface area contributed by atoms with E-state index in [1.165, 1.54) is 11.1 Å². The normalized spacial score (nSPS) is 15.0. The van der Waals surface area contributed by atoms with Crippen LogP contribution >= 0.6 is 0 Å². The number of nitrogens with one attached hydrogen (secondary N) is 1. The number of aromatic nitrogens is 2. The van der Waals surface area contributed by atoms with E-state index in [1.54, 1.807) is 12.4 Å². The first-order chi connectivity index (χ1) is 11.2. The number of hydrogen-bond donors (Lipinski definition) is 1. The number of nitrogens with zero attached hydrogens (tertiary/aromatic N) is 3. The predicted molar refractivity (Wildman–Crippen MR) is 90.4 cm³/mol. The molecule has 1 aliphatic rings. The van der Waals surface area contributed by atoms with Gasteiger partial charge in [0.2, 0.25) is 0 Å². The van der Waals surface area contributed by atoms with Crippen LogP contribution in [0, 0.1) is 0 Å². The topological polar surface area (TPSA) is 58.1 Å². The Kier molecular flexibility index (Phi) is 4.55. The van der Waals surface area contributed by atoms with Gasteiger partial charge in [0.1, 0.15) is 11.5 Å². The summed E-state index contributed by atoms with van der Waals surface area (Å²) in [5.74, 6) is 0.655. The number of hydrogen-bond acceptors (Lipinski definition) is 4. The summed E-state index contributed by atoms with van der Waals surface area (Å²) in [6, 6.07) is 8.63. The van der Waals surface area contributed by atoms with Crippen LogP contribution in [-0.2, 0) is 13.0 Å². The van der Waals surface area contributed by atoms with Gasteiger partial charge in [0.05, 0.1) is 12.4 Å². The van der Waals surface area contributed by atoms with Crippen molar-refractivity contribution in [1.29, 1.82) is 0 Å². The predicted octanol–water partition coefficient (Wildman–Crippen LogP) is 2.57. The zero-order valence-corrected chi connectivity index (χ0v) is 13.6. The number of benzene rings is 1. The number of amides is 1. The van der Waals surface area contributed by atoms with E-state index in [0.29, 0.717) is 5.69 Å². The van der Waals surface area contributed by atoms with Crippen molar-refractivity contribution in [2.75, 3.05) is 11.4 Å². The van der Waals surface area contributed by atoms with E-state index in [4.69, 9.17) is 0 Å². The highest BCUT2D eigenvalue weighted by Gasteiger charge is 2.18. The average molecular weight is 310 g/mol. The molecule has 0 saturated carbocycles. The molecule has 120 valence electrons. The zero-order valence-electron chi connectivity index (χ0n) is 13.6. The number of rotatable bonds is 4. The fourth-order valence-corrected chi connectivity index (χ4v) is 2.69. The molecule has 0 bridgehead atoms. The standard InChI is InChI=1S/C18H22N4O/c1-3-13(2)21-18(23)16-10-20-17(11-19-16)22-9-8-14-6-4-5-7-15(14)12-22/h4-7,10-11,13H,3,8-9,12H2,1-2H3,(H,21,23). The molecule has 1 aromatic heterocycles. The van der Waals surface area contributed by atoms with E-state index >= 15 is 0 Å². The van der Waals surface area contributed by atoms with Crippen LogP contribution in [0.1, 0.15) is 41.9 Å². The summed E-state index contributed by atoms with van der Waals surface area (Å²) in [7, 11) is 0. The summed E-state index contributed by atoms with van der Waals surface area (Å²) in [5.41, 5.74) is 3.10. The molecule has 0 radical (unpaired) electrons. The van der Waals surface area contributed by atoms with Gasteiger partial charge in [0.25, 0.3) is 5.91 Å². The van der Waals surface area contributed by atoms with E-state index in [0.717, 1.165) is 31.7 Å². The summed E-state index contributed by atoms with van der Waals surface area (Å²) in [6.07, 6.45) is 5.16. The van der Waals surface area contributed by atoms with E-state index in [1.807, 2.05) is 13.8 Å². The summed E-state index contributed by atoms with van der Waals surface area (Å²) in [5, 5.41) is 2.90. The number of fused-ring (bicyclic) bond motifs is 1. The van der Waals surface area contributed by atoms with Gasteiger partial charge in [0, 0.05) is 19.1 Å². The van der Waals surface area contributed by atoms with Crippen molar-refractivity contribution >= 4 is 11.7 Å². The quantitative estimate of drug-likeness (QED) is 0.943. The second-order valence-electron chi connectivity index (χ2n) is 5.98. The lowest BCUT2D eigenvalue weighted by Gasteiger charge is -2.29. The second-order valence-corrected chi connectivity index (χ2v) is 5.98. The van der Waals surface area contributed by atoms with Crippen molar-refractivity contribution < 1.29 is 4.79 Å². The maximum Gasteiger partial charge on any atom is 0.271 e. The maximum absolute atomic E-state index is 12.0. The molecular weight excluding hydrogens is 288 g/mol. The minimum atomic E-state index is -0.164. The molecule has 1 unspecified atom stereocenters. The summed E-state index contributed by atoms with van der Waals surface area (Å²) < 4.78 is 0. The number of carbonyl (C=O) groups excluding carboxylic acids is 1. The van der Waals surface area contributed by atoms with E-state index in [2.05, 4.69) is 44.5 Å². The first-order valence-corrected chi connectivity index (χ1v) is 8.12. The SMILES string of the molecule is CCC(C)NC(=O)c1cnc(N2CCc3ccccc3C2)cn1. The molecule has 1 N–H and O–H groups in total. The molecule has 1 amide bonds. The molecule has 5 nitrogen and oxygen atoms in total. The van der Waals surface area contributed by atoms with Gasteiger partial charge in [0.15, 0.2) is 0 Å². The fraction of sp³-hybridized carbons (Fsp3) is 0.389. The van der Waals surface area contributed by atoms with Crippen LogP contribution in [-0.4, -0.2) is 28.5 Å². The van der Waals surface area contributed by atoms with Crippen LogP contribution in [0.3, 0.4) is 0 Å². The van der Waals surface area contributed by atoms with Gasteiger partial charge in [-0.1, -0.05) is 31.2 Å². The third-order valence-electron chi connectivity index (χ3n) is 4.32. The van der Waals surface area contributed by atoms with Crippen LogP contribution in [0.15, 0.2) is 36.7 Å². The first kappa shape index (κ1) is 15.5. The van der Waals surface area contributed by atoms with Gasteiger partial charge in [-0.3, -0.25) is 4.79 Å². The summed E-state index contributed by atoms with van der Waals surface area (Å²) in [6.45, 7) is 5.77. The Bertz CT molecular complexity index is 684. The highest BCUT2D eigenvalue weighted by molar-refractivity contribution is 5.92. The van der Waals surface area contributed by atoms with Gasteiger partial charge in [-0.2, -0.15) is 0 Å². The highest BCUT2D eigenvalue weighted by atomic mass is 16.1. The number of anilines is 1. The monoisotopic (exact) mass is 310 g/mol. The van der Waals surface area contributed by atoms with Gasteiger partial charge in [-0.25, -0.2) is 9.97 Å². The summed E-state index contributed by atoms with van der Waals surface area (Å²) >= 11 is 0. The molecule has 23 heavy (non-hydrogen) atoms. The second kappa shape index (κ2) is 6.77. The first-order valence-electron chi connectivity index (χ1n) is 8.12. The molecule has 5 heteroatoms. The molecule has 0 aliphatic carbocycles. The van der Waals surface area contributed by atoms with E-state index in [-0.39, 0.29) is 11.9 Å². The zero-order chi connectivity index (χ0) is 16.2. The van der Waals surface area contributed by atoms with Crippen LogP contribution in [0.2, 0.25) is 0 Å². The average Bonchev–Trinajstić information content (AvgIpc) is 2.61. The third-order valence-corrected chi connectivity index (χ3v) is 4.32. The minimum absolute atomic E-state index is 0.141. The molecule has 0 spiro atoms. The lowest BCUT2D eigenvalue weighted by Crippen LogP contribution is -2.33. The van der Waals surface area contributed by atoms with Crippen molar-refractivity contribution in [3.8, 4) is 0 Å². The van der Waals surface area contributed by atoms with Crippen LogP contribution in [0.5, 0.6) is 0 Å². The van der Waals surface area contributed by atoms with Gasteiger partial charge >= 0.3 is 0 Å². The fourth-order valence-electron chi connectivity index (χ4n) is 2.69. The van der Waals surface area contributed by atoms with E-state index in [9.17, 15) is 4.79 Å². The molecule has 1 atom stereocenters. The summed E-state index contributed by atoms with van der Waals surface area (Å²) in [4.78, 5) is 23.0. The van der Waals surface area contributed by atoms with Gasteiger partial charge < -0.3 is 10.2 Å². The van der Waals surface area contributed by atoms with Crippen molar-refractivity contribution in [2.24, 2.45) is 0 Å². The van der Waals surface area contributed by atoms with Crippen LogP contribution < -0.4 is 10.2 Å². The third kappa shape index (κ3) is 3.50. The Balaban J connectivity index is 1.70. The van der Waals surface area contributed by atoms with E-state index < -0.39 is 0 Å². The molecule has 1 aliphatic heterocycles. The molecular formula is C18H22N4O. The lowest BCUT2D eigenvalue weighted by atomic mass is 10.0. The van der Waals surface area contributed by atoms with Crippen molar-refractivity contribution in [3.63, 3.8) is 0 Å². The molecule has 0 fully saturated rings. The molecule has 2 aromatic rings. The lowest BCUT2D eigenvalue weighted by molar-refractivity contribution is 0.0934. The Labute approximate surface area is 136 Å². The Hall–Kier alpha value is -2.43. The van der Waals surface area contributed by atoms with Crippen LogP contribution in [0.25, 0.3) is 0 Å². The minimum Gasteiger partial charge on any atom is -0.351 e. The Morgan fingerprint density at radius 1 is 1.26 bits per heavy atom. The maximum atomic E-state index is 12.0. The Morgan fingerprint density at radius 3 is 2.74 bits per heavy atom. The molecule has 0 saturated heterocycles. The van der Waals surface area contributed by atoms with Gasteiger partial charge in [-0.05, 0) is 30.9 Å². The van der Waals surface area contributed by atoms with Crippen LogP contribution in [0.4, 0.5) is 5.82 Å². The molecule has 2 heterocycles. The largest absolute Gasteiger partial charge is 0.351 e. The molecule has 1 aromatic carbocycles.